The number of aromatic carboxylic acids is 1. The second-order valence-corrected chi connectivity index (χ2v) is 4.92. The summed E-state index contributed by atoms with van der Waals surface area (Å²) in [5.74, 6) is -1.04. The Kier molecular flexibility index (Phi) is 4.24. The largest absolute Gasteiger partial charge is 0.497 e. The van der Waals surface area contributed by atoms with E-state index in [-0.39, 0.29) is 26.7 Å². The van der Waals surface area contributed by atoms with Gasteiger partial charge in [0.1, 0.15) is 5.75 Å². The summed E-state index contributed by atoms with van der Waals surface area (Å²) in [5, 5.41) is 19.5. The first-order valence-electron chi connectivity index (χ1n) is 5.32. The maximum atomic E-state index is 10.9. The van der Waals surface area contributed by atoms with Crippen LogP contribution in [0.4, 0.5) is 5.69 Å². The van der Waals surface area contributed by atoms with E-state index in [2.05, 4.69) is 4.98 Å². The number of methoxy groups -OCH3 is 1. The maximum Gasteiger partial charge on any atom is 0.349 e. The molecule has 0 unspecified atom stereocenters. The van der Waals surface area contributed by atoms with E-state index >= 15 is 0 Å². The lowest BCUT2D eigenvalue weighted by Crippen LogP contribution is -1.94. The Morgan fingerprint density at radius 2 is 2.24 bits per heavy atom. The van der Waals surface area contributed by atoms with E-state index in [1.165, 1.54) is 25.3 Å². The first-order chi connectivity index (χ1) is 9.92. The SMILES string of the molecule is COc1ccc([N+](=O)[O-])c(Oc2nc(Cl)c(C(=O)O)s2)c1. The molecule has 0 spiro atoms. The van der Waals surface area contributed by atoms with Crippen LogP contribution in [0.3, 0.4) is 0 Å². The summed E-state index contributed by atoms with van der Waals surface area (Å²) >= 11 is 6.32. The van der Waals surface area contributed by atoms with Crippen molar-refractivity contribution in [1.82, 2.24) is 4.98 Å². The molecule has 0 radical (unpaired) electrons. The van der Waals surface area contributed by atoms with Crippen molar-refractivity contribution >= 4 is 34.6 Å². The lowest BCUT2D eigenvalue weighted by Gasteiger charge is -2.05. The zero-order chi connectivity index (χ0) is 15.6. The number of ether oxygens (including phenoxy) is 2. The van der Waals surface area contributed by atoms with Crippen LogP contribution in [0.1, 0.15) is 9.67 Å². The molecule has 0 aliphatic heterocycles. The van der Waals surface area contributed by atoms with Gasteiger partial charge in [-0.2, -0.15) is 4.98 Å². The molecule has 0 atom stereocenters. The third-order valence-electron chi connectivity index (χ3n) is 2.32. The third-order valence-corrected chi connectivity index (χ3v) is 3.63. The van der Waals surface area contributed by atoms with Crippen LogP contribution in [-0.2, 0) is 0 Å². The van der Waals surface area contributed by atoms with Gasteiger partial charge in [-0.1, -0.05) is 22.9 Å². The van der Waals surface area contributed by atoms with Crippen LogP contribution in [0, 0.1) is 10.1 Å². The van der Waals surface area contributed by atoms with E-state index in [4.69, 9.17) is 26.2 Å². The number of benzene rings is 1. The Balaban J connectivity index is 2.40. The van der Waals surface area contributed by atoms with Gasteiger partial charge in [-0.15, -0.1) is 0 Å². The van der Waals surface area contributed by atoms with Crippen LogP contribution in [-0.4, -0.2) is 28.1 Å². The highest BCUT2D eigenvalue weighted by Gasteiger charge is 2.21. The van der Waals surface area contributed by atoms with Crippen LogP contribution in [0.2, 0.25) is 5.15 Å². The fourth-order valence-electron chi connectivity index (χ4n) is 1.41. The van der Waals surface area contributed by atoms with Crippen LogP contribution in [0.25, 0.3) is 0 Å². The van der Waals surface area contributed by atoms with Crippen LogP contribution < -0.4 is 9.47 Å². The van der Waals surface area contributed by atoms with Gasteiger partial charge in [0, 0.05) is 12.1 Å². The number of halogens is 1. The van der Waals surface area contributed by atoms with Crippen molar-refractivity contribution in [2.24, 2.45) is 0 Å². The van der Waals surface area contributed by atoms with Gasteiger partial charge in [0.05, 0.1) is 12.0 Å². The molecule has 8 nitrogen and oxygen atoms in total. The van der Waals surface area contributed by atoms with Gasteiger partial charge in [0.15, 0.2) is 10.0 Å². The van der Waals surface area contributed by atoms with Gasteiger partial charge in [-0.05, 0) is 6.07 Å². The Labute approximate surface area is 126 Å². The lowest BCUT2D eigenvalue weighted by atomic mass is 10.3. The Morgan fingerprint density at radius 1 is 1.52 bits per heavy atom. The fraction of sp³-hybridized carbons (Fsp3) is 0.0909. The van der Waals surface area contributed by atoms with E-state index in [0.29, 0.717) is 17.1 Å². The molecule has 0 aliphatic carbocycles. The summed E-state index contributed by atoms with van der Waals surface area (Å²) in [6, 6.07) is 3.91. The minimum Gasteiger partial charge on any atom is -0.497 e. The minimum absolute atomic E-state index is 0.117. The number of nitro benzene ring substituents is 1. The summed E-state index contributed by atoms with van der Waals surface area (Å²) < 4.78 is 10.2. The molecular formula is C11H7ClN2O6S. The first-order valence-corrected chi connectivity index (χ1v) is 6.51. The number of carbonyl (C=O) groups is 1. The van der Waals surface area contributed by atoms with E-state index in [1.807, 2.05) is 0 Å². The Morgan fingerprint density at radius 3 is 2.76 bits per heavy atom. The normalized spacial score (nSPS) is 10.2. The van der Waals surface area contributed by atoms with Gasteiger partial charge < -0.3 is 14.6 Å². The van der Waals surface area contributed by atoms with Crippen LogP contribution >= 0.6 is 22.9 Å². The van der Waals surface area contributed by atoms with E-state index in [1.54, 1.807) is 0 Å². The minimum atomic E-state index is -1.26. The molecule has 10 heteroatoms. The summed E-state index contributed by atoms with van der Waals surface area (Å²) in [6.07, 6.45) is 0. The smallest absolute Gasteiger partial charge is 0.349 e. The first kappa shape index (κ1) is 15.0. The van der Waals surface area contributed by atoms with E-state index < -0.39 is 10.9 Å². The summed E-state index contributed by atoms with van der Waals surface area (Å²) in [4.78, 5) is 24.7. The molecule has 0 saturated carbocycles. The van der Waals surface area contributed by atoms with Crippen molar-refractivity contribution in [2.45, 2.75) is 0 Å². The second-order valence-electron chi connectivity index (χ2n) is 3.60. The number of rotatable bonds is 5. The van der Waals surface area contributed by atoms with Crippen molar-refractivity contribution in [1.29, 1.82) is 0 Å². The van der Waals surface area contributed by atoms with Crippen molar-refractivity contribution in [3.63, 3.8) is 0 Å². The molecule has 0 bridgehead atoms. The summed E-state index contributed by atoms with van der Waals surface area (Å²) in [5.41, 5.74) is -0.306. The number of carboxylic acid groups (broad SMARTS) is 1. The number of carboxylic acids is 1. The third kappa shape index (κ3) is 3.20. The fourth-order valence-corrected chi connectivity index (χ4v) is 2.39. The zero-order valence-corrected chi connectivity index (χ0v) is 12.0. The topological polar surface area (TPSA) is 112 Å². The molecule has 0 fully saturated rings. The Hall–Kier alpha value is -2.39. The highest BCUT2D eigenvalue weighted by atomic mass is 35.5. The van der Waals surface area contributed by atoms with Crippen LogP contribution in [0.15, 0.2) is 18.2 Å². The maximum absolute atomic E-state index is 10.9. The average Bonchev–Trinajstić information content (AvgIpc) is 2.79. The highest BCUT2D eigenvalue weighted by molar-refractivity contribution is 7.15. The molecule has 2 rings (SSSR count). The van der Waals surface area contributed by atoms with Gasteiger partial charge in [-0.25, -0.2) is 4.79 Å². The van der Waals surface area contributed by atoms with Gasteiger partial charge in [-0.3, -0.25) is 10.1 Å². The molecule has 1 aromatic carbocycles. The molecule has 2 aromatic rings. The molecule has 21 heavy (non-hydrogen) atoms. The monoisotopic (exact) mass is 330 g/mol. The molecular weight excluding hydrogens is 324 g/mol. The highest BCUT2D eigenvalue weighted by Crippen LogP contribution is 2.37. The summed E-state index contributed by atoms with van der Waals surface area (Å²) in [7, 11) is 1.40. The van der Waals surface area contributed by atoms with Gasteiger partial charge >= 0.3 is 11.7 Å². The molecule has 0 aliphatic rings. The van der Waals surface area contributed by atoms with Crippen molar-refractivity contribution in [3.8, 4) is 16.7 Å². The predicted octanol–water partition coefficient (Wildman–Crippen LogP) is 3.20. The predicted molar refractivity (Wildman–Crippen MR) is 73.8 cm³/mol. The number of thiazole rings is 1. The number of hydrogen-bond acceptors (Lipinski definition) is 7. The van der Waals surface area contributed by atoms with E-state index in [9.17, 15) is 14.9 Å². The van der Waals surface area contributed by atoms with E-state index in [0.717, 1.165) is 0 Å². The molecule has 0 saturated heterocycles. The van der Waals surface area contributed by atoms with Crippen molar-refractivity contribution in [3.05, 3.63) is 38.3 Å². The van der Waals surface area contributed by atoms with Crippen molar-refractivity contribution in [2.75, 3.05) is 7.11 Å². The average molecular weight is 331 g/mol. The second kappa shape index (κ2) is 5.94. The molecule has 110 valence electrons. The lowest BCUT2D eigenvalue weighted by molar-refractivity contribution is -0.385. The quantitative estimate of drug-likeness (QED) is 0.661. The number of nitrogens with zero attached hydrogens (tertiary/aromatic N) is 2. The number of aromatic nitrogens is 1. The molecule has 1 aromatic heterocycles. The standard InChI is InChI=1S/C11H7ClN2O6S/c1-19-5-2-3-6(14(17)18)7(4-5)20-11-13-9(12)8(21-11)10(15)16/h2-4H,1H3,(H,15,16). The Bertz CT molecular complexity index is 717. The van der Waals surface area contributed by atoms with Gasteiger partial charge in [0.2, 0.25) is 5.75 Å². The number of hydrogen-bond donors (Lipinski definition) is 1. The van der Waals surface area contributed by atoms with Gasteiger partial charge in [0.25, 0.3) is 5.19 Å². The zero-order valence-electron chi connectivity index (χ0n) is 10.4. The van der Waals surface area contributed by atoms with Crippen molar-refractivity contribution < 1.29 is 24.3 Å². The summed E-state index contributed by atoms with van der Waals surface area (Å²) in [6.45, 7) is 0. The molecule has 1 N–H and O–H groups in total. The molecule has 0 amide bonds. The molecule has 1 heterocycles. The number of nitro groups is 1. The van der Waals surface area contributed by atoms with Crippen LogP contribution in [0.5, 0.6) is 16.7 Å².